The Labute approximate surface area is 195 Å². The maximum absolute atomic E-state index is 13.1. The number of rotatable bonds is 5. The minimum absolute atomic E-state index is 0.0453. The zero-order chi connectivity index (χ0) is 22.9. The molecule has 33 heavy (non-hydrogen) atoms. The lowest BCUT2D eigenvalue weighted by molar-refractivity contribution is -0.122. The monoisotopic (exact) mass is 457 g/mol. The molecule has 1 aliphatic heterocycles. The first-order chi connectivity index (χ1) is 16.0. The van der Waals surface area contributed by atoms with Gasteiger partial charge in [0.15, 0.2) is 0 Å². The molecule has 7 nitrogen and oxygen atoms in total. The molecule has 0 spiro atoms. The van der Waals surface area contributed by atoms with E-state index in [1.807, 2.05) is 79.9 Å². The van der Waals surface area contributed by atoms with Gasteiger partial charge in [-0.05, 0) is 26.0 Å². The summed E-state index contributed by atoms with van der Waals surface area (Å²) >= 11 is 1.46. The van der Waals surface area contributed by atoms with E-state index < -0.39 is 5.92 Å². The molecule has 3 heterocycles. The molecule has 0 radical (unpaired) electrons. The van der Waals surface area contributed by atoms with Gasteiger partial charge < -0.3 is 10.2 Å². The van der Waals surface area contributed by atoms with Crippen LogP contribution in [0.1, 0.15) is 17.7 Å². The maximum atomic E-state index is 13.1. The lowest BCUT2D eigenvalue weighted by Gasteiger charge is -2.17. The van der Waals surface area contributed by atoms with Crippen molar-refractivity contribution in [2.24, 2.45) is 5.92 Å². The van der Waals surface area contributed by atoms with Gasteiger partial charge in [0.1, 0.15) is 5.82 Å². The molecule has 8 heteroatoms. The minimum Gasteiger partial charge on any atom is -0.312 e. The van der Waals surface area contributed by atoms with Gasteiger partial charge >= 0.3 is 0 Å². The summed E-state index contributed by atoms with van der Waals surface area (Å²) in [6, 6.07) is 19.5. The molecule has 1 unspecified atom stereocenters. The summed E-state index contributed by atoms with van der Waals surface area (Å²) in [6.07, 6.45) is 0.183. The molecule has 1 aliphatic rings. The molecule has 2 aromatic carbocycles. The van der Waals surface area contributed by atoms with Crippen LogP contribution in [-0.2, 0) is 9.59 Å². The summed E-state index contributed by atoms with van der Waals surface area (Å²) in [5.41, 5.74) is 4.59. The van der Waals surface area contributed by atoms with E-state index in [-0.39, 0.29) is 18.2 Å². The summed E-state index contributed by atoms with van der Waals surface area (Å²) < 4.78 is 1.65. The Bertz CT molecular complexity index is 1310. The average molecular weight is 458 g/mol. The second-order valence-corrected chi connectivity index (χ2v) is 9.03. The van der Waals surface area contributed by atoms with E-state index in [2.05, 4.69) is 10.4 Å². The van der Waals surface area contributed by atoms with Crippen molar-refractivity contribution in [1.82, 2.24) is 14.8 Å². The summed E-state index contributed by atoms with van der Waals surface area (Å²) in [7, 11) is 0. The first-order valence-electron chi connectivity index (χ1n) is 10.7. The van der Waals surface area contributed by atoms with Crippen LogP contribution in [0.4, 0.5) is 11.5 Å². The third-order valence-electron chi connectivity index (χ3n) is 5.67. The third kappa shape index (κ3) is 4.29. The van der Waals surface area contributed by atoms with Crippen LogP contribution in [-0.4, -0.2) is 33.1 Å². The van der Waals surface area contributed by atoms with Crippen molar-refractivity contribution in [3.63, 3.8) is 0 Å². The number of aromatic nitrogens is 3. The fourth-order valence-corrected chi connectivity index (χ4v) is 4.72. The van der Waals surface area contributed by atoms with E-state index in [0.29, 0.717) is 17.5 Å². The summed E-state index contributed by atoms with van der Waals surface area (Å²) in [6.45, 7) is 4.23. The number of nitrogens with zero attached hydrogens (tertiary/aromatic N) is 4. The van der Waals surface area contributed by atoms with Crippen LogP contribution in [0.15, 0.2) is 66.0 Å². The highest BCUT2D eigenvalue weighted by Crippen LogP contribution is 2.29. The largest absolute Gasteiger partial charge is 0.312 e. The van der Waals surface area contributed by atoms with E-state index in [1.54, 1.807) is 9.58 Å². The van der Waals surface area contributed by atoms with E-state index in [0.717, 1.165) is 28.2 Å². The number of carbonyl (C=O) groups excluding carboxylic acids is 2. The second kappa shape index (κ2) is 8.63. The third-order valence-corrected chi connectivity index (χ3v) is 6.48. The van der Waals surface area contributed by atoms with Gasteiger partial charge in [-0.1, -0.05) is 48.0 Å². The molecule has 166 valence electrons. The molecule has 4 aromatic rings. The molecule has 5 rings (SSSR count). The van der Waals surface area contributed by atoms with Crippen LogP contribution in [0, 0.1) is 19.8 Å². The zero-order valence-corrected chi connectivity index (χ0v) is 19.2. The molecule has 0 aliphatic carbocycles. The Hall–Kier alpha value is -3.78. The molecule has 2 amide bonds. The smallest absolute Gasteiger partial charge is 0.230 e. The van der Waals surface area contributed by atoms with Gasteiger partial charge in [0, 0.05) is 35.7 Å². The number of hydrogen-bond donors (Lipinski definition) is 1. The van der Waals surface area contributed by atoms with Gasteiger partial charge in [-0.3, -0.25) is 9.59 Å². The highest BCUT2D eigenvalue weighted by atomic mass is 32.1. The second-order valence-electron chi connectivity index (χ2n) is 8.19. The molecular weight excluding hydrogens is 434 g/mol. The Kier molecular flexibility index (Phi) is 5.51. The van der Waals surface area contributed by atoms with Crippen molar-refractivity contribution in [2.45, 2.75) is 20.3 Å². The lowest BCUT2D eigenvalue weighted by Crippen LogP contribution is -2.28. The van der Waals surface area contributed by atoms with Crippen molar-refractivity contribution in [2.75, 3.05) is 16.8 Å². The molecule has 1 saturated heterocycles. The van der Waals surface area contributed by atoms with Crippen LogP contribution < -0.4 is 10.2 Å². The zero-order valence-electron chi connectivity index (χ0n) is 18.4. The Morgan fingerprint density at radius 1 is 1.09 bits per heavy atom. The number of aryl methyl sites for hydroxylation is 2. The molecule has 0 bridgehead atoms. The number of hydrogen-bond acceptors (Lipinski definition) is 5. The van der Waals surface area contributed by atoms with Gasteiger partial charge in [0.05, 0.1) is 17.3 Å². The number of benzene rings is 2. The van der Waals surface area contributed by atoms with Crippen LogP contribution >= 0.6 is 11.3 Å². The standard InChI is InChI=1S/C25H23N5O2S/c1-16-8-10-20(11-9-16)29-14-19(13-23(29)31)24(32)27-22-12-17(2)28-30(22)25-26-21(15-33-25)18-6-4-3-5-7-18/h3-12,15,19H,13-14H2,1-2H3,(H,27,32). The van der Waals surface area contributed by atoms with Gasteiger partial charge in [-0.25, -0.2) is 4.98 Å². The number of carbonyl (C=O) groups is 2. The molecular formula is C25H23N5O2S. The van der Waals surface area contributed by atoms with Gasteiger partial charge in [0.2, 0.25) is 16.9 Å². The first-order valence-corrected chi connectivity index (χ1v) is 11.6. The number of amides is 2. The molecule has 1 fully saturated rings. The maximum Gasteiger partial charge on any atom is 0.230 e. The average Bonchev–Trinajstić information content (AvgIpc) is 3.53. The van der Waals surface area contributed by atoms with E-state index in [1.165, 1.54) is 11.3 Å². The normalized spacial score (nSPS) is 15.8. The van der Waals surface area contributed by atoms with Crippen molar-refractivity contribution in [3.05, 3.63) is 77.3 Å². The van der Waals surface area contributed by atoms with Crippen molar-refractivity contribution in [3.8, 4) is 16.4 Å². The first kappa shape index (κ1) is 21.1. The quantitative estimate of drug-likeness (QED) is 0.475. The summed E-state index contributed by atoms with van der Waals surface area (Å²) in [5, 5.41) is 10.1. The Morgan fingerprint density at radius 2 is 1.85 bits per heavy atom. The molecule has 1 N–H and O–H groups in total. The van der Waals surface area contributed by atoms with E-state index in [4.69, 9.17) is 4.98 Å². The number of nitrogens with one attached hydrogen (secondary N) is 1. The highest BCUT2D eigenvalue weighted by Gasteiger charge is 2.35. The fraction of sp³-hybridized carbons (Fsp3) is 0.200. The van der Waals surface area contributed by atoms with Gasteiger partial charge in [0.25, 0.3) is 0 Å². The van der Waals surface area contributed by atoms with Crippen LogP contribution in [0.25, 0.3) is 16.4 Å². The molecule has 0 saturated carbocycles. The number of thiazole rings is 1. The van der Waals surface area contributed by atoms with Crippen LogP contribution in [0.5, 0.6) is 0 Å². The van der Waals surface area contributed by atoms with Gasteiger partial charge in [-0.2, -0.15) is 9.78 Å². The Balaban J connectivity index is 1.33. The van der Waals surface area contributed by atoms with E-state index >= 15 is 0 Å². The van der Waals surface area contributed by atoms with Crippen LogP contribution in [0.2, 0.25) is 0 Å². The van der Waals surface area contributed by atoms with E-state index in [9.17, 15) is 9.59 Å². The van der Waals surface area contributed by atoms with Crippen molar-refractivity contribution < 1.29 is 9.59 Å². The van der Waals surface area contributed by atoms with Crippen molar-refractivity contribution in [1.29, 1.82) is 0 Å². The lowest BCUT2D eigenvalue weighted by atomic mass is 10.1. The fourth-order valence-electron chi connectivity index (χ4n) is 3.92. The summed E-state index contributed by atoms with van der Waals surface area (Å²) in [4.78, 5) is 32.0. The topological polar surface area (TPSA) is 80.1 Å². The molecule has 2 aromatic heterocycles. The molecule has 1 atom stereocenters. The minimum atomic E-state index is -0.432. The SMILES string of the molecule is Cc1ccc(N2CC(C(=O)Nc3cc(C)nn3-c3nc(-c4ccccc4)cs3)CC2=O)cc1. The highest BCUT2D eigenvalue weighted by molar-refractivity contribution is 7.12. The summed E-state index contributed by atoms with van der Waals surface area (Å²) in [5.74, 6) is -0.124. The van der Waals surface area contributed by atoms with Crippen LogP contribution in [0.3, 0.4) is 0 Å². The van der Waals surface area contributed by atoms with Crippen molar-refractivity contribution >= 4 is 34.7 Å². The predicted molar refractivity (Wildman–Crippen MR) is 130 cm³/mol. The Morgan fingerprint density at radius 3 is 2.61 bits per heavy atom. The predicted octanol–water partition coefficient (Wildman–Crippen LogP) is 4.60. The number of anilines is 2. The van der Waals surface area contributed by atoms with Gasteiger partial charge in [-0.15, -0.1) is 11.3 Å².